The molecule has 138 valence electrons. The normalized spacial score (nSPS) is 11.9. The minimum atomic E-state index is -0.985. The van der Waals surface area contributed by atoms with E-state index in [1.165, 1.54) is 0 Å². The van der Waals surface area contributed by atoms with Crippen molar-refractivity contribution in [3.8, 4) is 5.75 Å². The third kappa shape index (κ3) is 4.38. The predicted octanol–water partition coefficient (Wildman–Crippen LogP) is 5.27. The first-order valence-corrected chi connectivity index (χ1v) is 8.87. The Morgan fingerprint density at radius 2 is 1.67 bits per heavy atom. The van der Waals surface area contributed by atoms with Gasteiger partial charge in [-0.2, -0.15) is 0 Å². The number of carboxylic acids is 1. The first-order valence-electron chi connectivity index (χ1n) is 8.11. The summed E-state index contributed by atoms with van der Waals surface area (Å²) in [6.07, 6.45) is -0.586. The van der Waals surface area contributed by atoms with Crippen LogP contribution in [-0.2, 0) is 0 Å². The molecule has 0 aliphatic rings. The van der Waals surface area contributed by atoms with Gasteiger partial charge in [0.25, 0.3) is 0 Å². The maximum Gasteiger partial charge on any atom is 0.335 e. The van der Waals surface area contributed by atoms with Crippen molar-refractivity contribution in [3.63, 3.8) is 0 Å². The van der Waals surface area contributed by atoms with Gasteiger partial charge in [-0.25, -0.2) is 14.8 Å². The van der Waals surface area contributed by atoms with E-state index < -0.39 is 12.1 Å². The van der Waals surface area contributed by atoms with E-state index in [4.69, 9.17) is 27.9 Å². The molecule has 2 aromatic carbocycles. The molecular weight excluding hydrogens is 387 g/mol. The van der Waals surface area contributed by atoms with Crippen molar-refractivity contribution in [2.24, 2.45) is 0 Å². The molecular formula is C20H16Cl2N2O3. The number of rotatable bonds is 5. The van der Waals surface area contributed by atoms with E-state index in [0.717, 1.165) is 5.56 Å². The Morgan fingerprint density at radius 1 is 1.04 bits per heavy atom. The molecule has 0 aliphatic carbocycles. The fraction of sp³-hybridized carbons (Fsp3) is 0.150. The number of aromatic nitrogens is 2. The summed E-state index contributed by atoms with van der Waals surface area (Å²) in [6.45, 7) is 3.60. The lowest BCUT2D eigenvalue weighted by Crippen LogP contribution is -2.13. The first-order chi connectivity index (χ1) is 12.8. The van der Waals surface area contributed by atoms with Crippen molar-refractivity contribution >= 4 is 29.2 Å². The van der Waals surface area contributed by atoms with Crippen LogP contribution in [0.5, 0.6) is 5.75 Å². The summed E-state index contributed by atoms with van der Waals surface area (Å²) in [6, 6.07) is 14.3. The Hall–Kier alpha value is -2.63. The number of benzene rings is 2. The minimum absolute atomic E-state index is 0.0247. The Balaban J connectivity index is 2.09. The molecule has 7 heteroatoms. The molecule has 1 heterocycles. The van der Waals surface area contributed by atoms with E-state index in [1.54, 1.807) is 32.0 Å². The van der Waals surface area contributed by atoms with Crippen molar-refractivity contribution in [1.29, 1.82) is 0 Å². The van der Waals surface area contributed by atoms with E-state index in [9.17, 15) is 9.90 Å². The van der Waals surface area contributed by atoms with Gasteiger partial charge < -0.3 is 9.84 Å². The second kappa shape index (κ2) is 7.94. The third-order valence-electron chi connectivity index (χ3n) is 4.00. The standard InChI is InChI=1S/C20H16Cl2N2O3/c1-11-8-14(19(25)26)9-12(2)17(11)27-18(13-6-4-3-5-7-13)15-10-16(21)24-20(22)23-15/h3-10,18H,1-2H3,(H,25,26). The Morgan fingerprint density at radius 3 is 2.22 bits per heavy atom. The summed E-state index contributed by atoms with van der Waals surface area (Å²) in [5.41, 5.74) is 2.98. The number of ether oxygens (including phenoxy) is 1. The zero-order valence-electron chi connectivity index (χ0n) is 14.6. The highest BCUT2D eigenvalue weighted by atomic mass is 35.5. The molecule has 3 aromatic rings. The number of hydrogen-bond acceptors (Lipinski definition) is 4. The number of carboxylic acid groups (broad SMARTS) is 1. The van der Waals surface area contributed by atoms with Crippen LogP contribution in [0.2, 0.25) is 10.4 Å². The van der Waals surface area contributed by atoms with Gasteiger partial charge in [0, 0.05) is 6.07 Å². The summed E-state index contributed by atoms with van der Waals surface area (Å²) >= 11 is 12.0. The molecule has 0 amide bonds. The Kier molecular flexibility index (Phi) is 5.63. The van der Waals surface area contributed by atoms with Crippen LogP contribution in [0.3, 0.4) is 0 Å². The number of hydrogen-bond donors (Lipinski definition) is 1. The number of carbonyl (C=O) groups is 1. The van der Waals surface area contributed by atoms with E-state index in [1.807, 2.05) is 30.3 Å². The summed E-state index contributed by atoms with van der Waals surface area (Å²) in [7, 11) is 0. The SMILES string of the molecule is Cc1cc(C(=O)O)cc(C)c1OC(c1ccccc1)c1cc(Cl)nc(Cl)n1. The van der Waals surface area contributed by atoms with Crippen LogP contribution in [0.4, 0.5) is 0 Å². The molecule has 0 bridgehead atoms. The zero-order chi connectivity index (χ0) is 19.6. The second-order valence-electron chi connectivity index (χ2n) is 6.04. The maximum absolute atomic E-state index is 11.3. The van der Waals surface area contributed by atoms with Crippen molar-refractivity contribution in [2.45, 2.75) is 20.0 Å². The van der Waals surface area contributed by atoms with Crippen LogP contribution in [0.15, 0.2) is 48.5 Å². The van der Waals surface area contributed by atoms with E-state index in [0.29, 0.717) is 22.6 Å². The van der Waals surface area contributed by atoms with Crippen LogP contribution in [0.1, 0.15) is 38.8 Å². The molecule has 3 rings (SSSR count). The fourth-order valence-electron chi connectivity index (χ4n) is 2.85. The van der Waals surface area contributed by atoms with Gasteiger partial charge in [-0.05, 0) is 54.3 Å². The lowest BCUT2D eigenvalue weighted by Gasteiger charge is -2.22. The summed E-state index contributed by atoms with van der Waals surface area (Å²) in [5, 5.41) is 9.47. The molecule has 1 unspecified atom stereocenters. The number of aromatic carboxylic acids is 1. The summed E-state index contributed by atoms with van der Waals surface area (Å²) < 4.78 is 6.29. The molecule has 0 saturated heterocycles. The highest BCUT2D eigenvalue weighted by Gasteiger charge is 2.22. The Bertz CT molecular complexity index is 951. The number of halogens is 2. The highest BCUT2D eigenvalue weighted by Crippen LogP contribution is 2.33. The van der Waals surface area contributed by atoms with Crippen LogP contribution in [0.25, 0.3) is 0 Å². The van der Waals surface area contributed by atoms with Gasteiger partial charge in [0.2, 0.25) is 5.28 Å². The zero-order valence-corrected chi connectivity index (χ0v) is 16.1. The van der Waals surface area contributed by atoms with Gasteiger partial charge in [-0.3, -0.25) is 0 Å². The topological polar surface area (TPSA) is 72.3 Å². The average Bonchev–Trinajstić information content (AvgIpc) is 2.61. The molecule has 0 aliphatic heterocycles. The predicted molar refractivity (Wildman–Crippen MR) is 104 cm³/mol. The van der Waals surface area contributed by atoms with E-state index in [-0.39, 0.29) is 16.0 Å². The average molecular weight is 403 g/mol. The lowest BCUT2D eigenvalue weighted by molar-refractivity contribution is 0.0696. The van der Waals surface area contributed by atoms with E-state index >= 15 is 0 Å². The third-order valence-corrected chi connectivity index (χ3v) is 4.36. The van der Waals surface area contributed by atoms with Crippen LogP contribution >= 0.6 is 23.2 Å². The summed E-state index contributed by atoms with van der Waals surface area (Å²) in [4.78, 5) is 19.4. The van der Waals surface area contributed by atoms with Gasteiger partial charge in [-0.15, -0.1) is 0 Å². The van der Waals surface area contributed by atoms with Gasteiger partial charge in [0.05, 0.1) is 11.3 Å². The minimum Gasteiger partial charge on any atom is -0.479 e. The molecule has 0 spiro atoms. The van der Waals surface area contributed by atoms with Crippen molar-refractivity contribution in [2.75, 3.05) is 0 Å². The monoisotopic (exact) mass is 402 g/mol. The van der Waals surface area contributed by atoms with Crippen molar-refractivity contribution in [1.82, 2.24) is 9.97 Å². The van der Waals surface area contributed by atoms with Crippen molar-refractivity contribution in [3.05, 3.63) is 86.9 Å². The quantitative estimate of drug-likeness (QED) is 0.464. The van der Waals surface area contributed by atoms with E-state index in [2.05, 4.69) is 9.97 Å². The molecule has 1 aromatic heterocycles. The van der Waals surface area contributed by atoms with Gasteiger partial charge >= 0.3 is 5.97 Å². The second-order valence-corrected chi connectivity index (χ2v) is 6.76. The summed E-state index contributed by atoms with van der Waals surface area (Å²) in [5.74, 6) is -0.401. The molecule has 1 N–H and O–H groups in total. The van der Waals surface area contributed by atoms with Crippen LogP contribution < -0.4 is 4.74 Å². The maximum atomic E-state index is 11.3. The first kappa shape index (κ1) is 19.1. The van der Waals surface area contributed by atoms with Crippen LogP contribution in [-0.4, -0.2) is 21.0 Å². The molecule has 0 radical (unpaired) electrons. The molecule has 27 heavy (non-hydrogen) atoms. The largest absolute Gasteiger partial charge is 0.479 e. The highest BCUT2D eigenvalue weighted by molar-refractivity contribution is 6.31. The molecule has 1 atom stereocenters. The smallest absolute Gasteiger partial charge is 0.335 e. The molecule has 0 fully saturated rings. The lowest BCUT2D eigenvalue weighted by atomic mass is 10.0. The number of nitrogens with zero attached hydrogens (tertiary/aromatic N) is 2. The molecule has 0 saturated carbocycles. The Labute approximate surface area is 166 Å². The molecule has 5 nitrogen and oxygen atoms in total. The van der Waals surface area contributed by atoms with Crippen LogP contribution in [0, 0.1) is 13.8 Å². The number of aryl methyl sites for hydroxylation is 2. The van der Waals surface area contributed by atoms with Gasteiger partial charge in [0.1, 0.15) is 10.9 Å². The van der Waals surface area contributed by atoms with Gasteiger partial charge in [0.15, 0.2) is 6.10 Å². The van der Waals surface area contributed by atoms with Gasteiger partial charge in [-0.1, -0.05) is 41.9 Å². The fourth-order valence-corrected chi connectivity index (χ4v) is 3.27. The van der Waals surface area contributed by atoms with Crippen molar-refractivity contribution < 1.29 is 14.6 Å².